The van der Waals surface area contributed by atoms with Crippen LogP contribution in [-0.2, 0) is 11.3 Å². The first-order valence-corrected chi connectivity index (χ1v) is 10.7. The van der Waals surface area contributed by atoms with Gasteiger partial charge in [-0.05, 0) is 26.3 Å². The van der Waals surface area contributed by atoms with Crippen LogP contribution in [0.4, 0.5) is 8.78 Å². The van der Waals surface area contributed by atoms with E-state index >= 15 is 0 Å². The largest absolute Gasteiger partial charge is 0.491 e. The number of carbonyl (C=O) groups excluding carboxylic acids is 2. The van der Waals surface area contributed by atoms with Gasteiger partial charge in [-0.1, -0.05) is 6.07 Å². The van der Waals surface area contributed by atoms with Gasteiger partial charge >= 0.3 is 0 Å². The zero-order valence-electron chi connectivity index (χ0n) is 18.6. The summed E-state index contributed by atoms with van der Waals surface area (Å²) in [5.41, 5.74) is -0.915. The Morgan fingerprint density at radius 3 is 2.73 bits per heavy atom. The number of halogens is 2. The van der Waals surface area contributed by atoms with E-state index in [9.17, 15) is 23.2 Å². The zero-order valence-corrected chi connectivity index (χ0v) is 18.6. The number of benzene rings is 1. The van der Waals surface area contributed by atoms with Gasteiger partial charge in [-0.15, -0.1) is 0 Å². The number of nitrogens with zero attached hydrogens (tertiary/aromatic N) is 2. The minimum absolute atomic E-state index is 0.0885. The van der Waals surface area contributed by atoms with Crippen LogP contribution in [0, 0.1) is 18.6 Å². The van der Waals surface area contributed by atoms with Gasteiger partial charge in [-0.2, -0.15) is 0 Å². The highest BCUT2D eigenvalue weighted by Crippen LogP contribution is 2.35. The van der Waals surface area contributed by atoms with Crippen LogP contribution in [-0.4, -0.2) is 54.2 Å². The molecule has 3 heterocycles. The van der Waals surface area contributed by atoms with Crippen molar-refractivity contribution in [2.75, 3.05) is 26.9 Å². The van der Waals surface area contributed by atoms with Gasteiger partial charge in [-0.3, -0.25) is 14.4 Å². The predicted octanol–water partition coefficient (Wildman–Crippen LogP) is 2.18. The Morgan fingerprint density at radius 1 is 1.27 bits per heavy atom. The van der Waals surface area contributed by atoms with Crippen LogP contribution in [0.2, 0.25) is 0 Å². The molecule has 8 nitrogen and oxygen atoms in total. The first kappa shape index (κ1) is 22.9. The summed E-state index contributed by atoms with van der Waals surface area (Å²) in [5, 5.41) is 2.51. The van der Waals surface area contributed by atoms with Crippen molar-refractivity contribution in [3.8, 4) is 5.75 Å². The van der Waals surface area contributed by atoms with Crippen LogP contribution in [0.5, 0.6) is 5.75 Å². The van der Waals surface area contributed by atoms with Crippen molar-refractivity contribution in [3.05, 3.63) is 62.6 Å². The van der Waals surface area contributed by atoms with E-state index in [1.54, 1.807) is 9.47 Å². The Hall–Kier alpha value is -3.27. The molecule has 2 aromatic rings. The highest BCUT2D eigenvalue weighted by atomic mass is 19.1. The molecule has 2 aliphatic heterocycles. The SMILES string of the molecule is CCN1C(=O)c2c(OC)c(=O)c(C(=O)NCc3ccc(F)c(C)c3F)cn2[C@H]2CCOC[C@H]21. The van der Waals surface area contributed by atoms with Gasteiger partial charge in [-0.25, -0.2) is 8.78 Å². The standard InChI is InChI=1S/C23H25F2N3O5/c1-4-27-17-11-33-8-7-16(17)28-10-14(20(29)21(32-3)19(28)23(27)31)22(30)26-9-13-5-6-15(24)12(2)18(13)25/h5-6,10,16-17H,4,7-9,11H2,1-3H3,(H,26,30)/t16-,17+/m0/s1. The van der Waals surface area contributed by atoms with E-state index in [1.807, 2.05) is 6.92 Å². The van der Waals surface area contributed by atoms with Crippen molar-refractivity contribution in [3.63, 3.8) is 0 Å². The average molecular weight is 461 g/mol. The van der Waals surface area contributed by atoms with Crippen molar-refractivity contribution >= 4 is 11.8 Å². The number of likely N-dealkylation sites (N-methyl/N-ethyl adjacent to an activating group) is 1. The molecule has 2 aliphatic rings. The Kier molecular flexibility index (Phi) is 6.20. The second kappa shape index (κ2) is 8.93. The number of methoxy groups -OCH3 is 1. The summed E-state index contributed by atoms with van der Waals surface area (Å²) < 4.78 is 40.3. The Labute approximate surface area is 189 Å². The number of rotatable bonds is 5. The van der Waals surface area contributed by atoms with Crippen LogP contribution < -0.4 is 15.5 Å². The molecule has 4 rings (SSSR count). The van der Waals surface area contributed by atoms with E-state index < -0.39 is 23.0 Å². The third kappa shape index (κ3) is 3.78. The first-order valence-electron chi connectivity index (χ1n) is 10.7. The van der Waals surface area contributed by atoms with Crippen LogP contribution >= 0.6 is 0 Å². The number of pyridine rings is 1. The minimum atomic E-state index is -0.759. The first-order chi connectivity index (χ1) is 15.8. The summed E-state index contributed by atoms with van der Waals surface area (Å²) in [6.45, 7) is 4.18. The number of ether oxygens (including phenoxy) is 2. The molecule has 2 amide bonds. The molecule has 0 bridgehead atoms. The molecular formula is C23H25F2N3O5. The van der Waals surface area contributed by atoms with Crippen molar-refractivity contribution in [2.45, 2.75) is 38.9 Å². The van der Waals surface area contributed by atoms with Crippen LogP contribution in [0.1, 0.15) is 51.4 Å². The van der Waals surface area contributed by atoms with Gasteiger partial charge in [0.15, 0.2) is 11.4 Å². The number of carbonyl (C=O) groups is 2. The lowest BCUT2D eigenvalue weighted by Gasteiger charge is -2.45. The Bertz CT molecular complexity index is 1180. The fourth-order valence-electron chi connectivity index (χ4n) is 4.55. The number of hydrogen-bond acceptors (Lipinski definition) is 5. The molecule has 0 unspecified atom stereocenters. The molecule has 10 heteroatoms. The molecule has 1 fully saturated rings. The molecule has 1 N–H and O–H groups in total. The van der Waals surface area contributed by atoms with Gasteiger partial charge in [0, 0.05) is 37.0 Å². The lowest BCUT2D eigenvalue weighted by atomic mass is 9.96. The summed E-state index contributed by atoms with van der Waals surface area (Å²) in [6, 6.07) is 1.93. The van der Waals surface area contributed by atoms with E-state index in [0.717, 1.165) is 6.07 Å². The molecule has 1 aromatic heterocycles. The summed E-state index contributed by atoms with van der Waals surface area (Å²) in [7, 11) is 1.27. The molecule has 0 radical (unpaired) electrons. The smallest absolute Gasteiger partial charge is 0.274 e. The van der Waals surface area contributed by atoms with E-state index in [4.69, 9.17) is 9.47 Å². The second-order valence-corrected chi connectivity index (χ2v) is 8.08. The van der Waals surface area contributed by atoms with Crippen molar-refractivity contribution in [2.24, 2.45) is 0 Å². The van der Waals surface area contributed by atoms with Crippen molar-refractivity contribution in [1.82, 2.24) is 14.8 Å². The lowest BCUT2D eigenvalue weighted by Crippen LogP contribution is -2.55. The summed E-state index contributed by atoms with van der Waals surface area (Å²) in [5.74, 6) is -2.76. The topological polar surface area (TPSA) is 89.9 Å². The minimum Gasteiger partial charge on any atom is -0.491 e. The third-order valence-corrected chi connectivity index (χ3v) is 6.33. The van der Waals surface area contributed by atoms with E-state index in [-0.39, 0.29) is 52.7 Å². The molecule has 1 saturated heterocycles. The highest BCUT2D eigenvalue weighted by molar-refractivity contribution is 5.99. The van der Waals surface area contributed by atoms with E-state index in [2.05, 4.69) is 5.32 Å². The molecule has 2 atom stereocenters. The fraction of sp³-hybridized carbons (Fsp3) is 0.435. The number of hydrogen-bond donors (Lipinski definition) is 1. The maximum Gasteiger partial charge on any atom is 0.274 e. The van der Waals surface area contributed by atoms with E-state index in [1.165, 1.54) is 26.3 Å². The Balaban J connectivity index is 1.72. The zero-order chi connectivity index (χ0) is 23.9. The predicted molar refractivity (Wildman–Crippen MR) is 114 cm³/mol. The lowest BCUT2D eigenvalue weighted by molar-refractivity contribution is -0.0176. The highest BCUT2D eigenvalue weighted by Gasteiger charge is 2.43. The van der Waals surface area contributed by atoms with Gasteiger partial charge in [0.05, 0.1) is 25.8 Å². The van der Waals surface area contributed by atoms with Gasteiger partial charge in [0.2, 0.25) is 5.43 Å². The third-order valence-electron chi connectivity index (χ3n) is 6.33. The molecule has 176 valence electrons. The van der Waals surface area contributed by atoms with Crippen LogP contribution in [0.3, 0.4) is 0 Å². The van der Waals surface area contributed by atoms with Gasteiger partial charge in [0.25, 0.3) is 11.8 Å². The number of nitrogens with one attached hydrogen (secondary N) is 1. The maximum atomic E-state index is 14.3. The molecule has 33 heavy (non-hydrogen) atoms. The quantitative estimate of drug-likeness (QED) is 0.737. The Morgan fingerprint density at radius 2 is 2.03 bits per heavy atom. The average Bonchev–Trinajstić information content (AvgIpc) is 2.82. The monoisotopic (exact) mass is 461 g/mol. The summed E-state index contributed by atoms with van der Waals surface area (Å²) in [6.07, 6.45) is 1.96. The van der Waals surface area contributed by atoms with Gasteiger partial charge < -0.3 is 24.3 Å². The number of aromatic nitrogens is 1. The van der Waals surface area contributed by atoms with E-state index in [0.29, 0.717) is 26.2 Å². The number of amides is 2. The maximum absolute atomic E-state index is 14.3. The molecule has 0 aliphatic carbocycles. The summed E-state index contributed by atoms with van der Waals surface area (Å²) >= 11 is 0. The van der Waals surface area contributed by atoms with Gasteiger partial charge in [0.1, 0.15) is 17.2 Å². The normalized spacial score (nSPS) is 19.7. The fourth-order valence-corrected chi connectivity index (χ4v) is 4.55. The molecule has 0 spiro atoms. The molecule has 0 saturated carbocycles. The molecular weight excluding hydrogens is 436 g/mol. The number of fused-ring (bicyclic) bond motifs is 3. The molecule has 1 aromatic carbocycles. The van der Waals surface area contributed by atoms with Crippen LogP contribution in [0.25, 0.3) is 0 Å². The second-order valence-electron chi connectivity index (χ2n) is 8.08. The summed E-state index contributed by atoms with van der Waals surface area (Å²) in [4.78, 5) is 40.8. The van der Waals surface area contributed by atoms with Crippen molar-refractivity contribution < 1.29 is 27.8 Å². The van der Waals surface area contributed by atoms with Crippen molar-refractivity contribution in [1.29, 1.82) is 0 Å². The van der Waals surface area contributed by atoms with Crippen LogP contribution in [0.15, 0.2) is 23.1 Å².